The lowest BCUT2D eigenvalue weighted by atomic mass is 10.1. The van der Waals surface area contributed by atoms with E-state index < -0.39 is 21.9 Å². The molecule has 0 rings (SSSR count). The van der Waals surface area contributed by atoms with Crippen LogP contribution in [0.1, 0.15) is 64.7 Å². The van der Waals surface area contributed by atoms with E-state index in [0.29, 0.717) is 6.42 Å². The highest BCUT2D eigenvalue weighted by atomic mass is 16.7. The first-order valence-electron chi connectivity index (χ1n) is 9.36. The van der Waals surface area contributed by atoms with Gasteiger partial charge in [-0.15, -0.1) is 0 Å². The standard InChI is InChI=1S/C20H30N2O5/c1-2-3-4-5-6-7-8-9-10-11-12-13-14-15-16-17-18-20(19-23,21(24)25)22(26)27/h6-7,9-10,12-13,15-16,19H,2-5,8,11,14,17-18H2,1H3. The van der Waals surface area contributed by atoms with E-state index in [1.807, 2.05) is 12.2 Å². The largest absolute Gasteiger partial charge is 0.513 e. The number of rotatable bonds is 16. The molecule has 0 bridgehead atoms. The van der Waals surface area contributed by atoms with E-state index in [1.165, 1.54) is 19.3 Å². The lowest BCUT2D eigenvalue weighted by molar-refractivity contribution is -0.774. The molecule has 0 aliphatic rings. The molecule has 0 atom stereocenters. The maximum Gasteiger partial charge on any atom is 0.513 e. The molecule has 150 valence electrons. The fraction of sp³-hybridized carbons (Fsp3) is 0.550. The van der Waals surface area contributed by atoms with Crippen molar-refractivity contribution in [3.8, 4) is 0 Å². The molecule has 0 fully saturated rings. The Labute approximate surface area is 160 Å². The molecular formula is C20H30N2O5. The Bertz CT molecular complexity index is 551. The highest BCUT2D eigenvalue weighted by Gasteiger charge is 2.55. The Hall–Kier alpha value is -2.57. The van der Waals surface area contributed by atoms with Gasteiger partial charge >= 0.3 is 5.66 Å². The van der Waals surface area contributed by atoms with E-state index in [2.05, 4.69) is 31.2 Å². The fourth-order valence-corrected chi connectivity index (χ4v) is 2.25. The Balaban J connectivity index is 3.93. The second-order valence-electron chi connectivity index (χ2n) is 6.14. The smallest absolute Gasteiger partial charge is 0.287 e. The number of carbonyl (C=O) groups excluding carboxylic acids is 1. The molecule has 0 aromatic heterocycles. The first kappa shape index (κ1) is 24.4. The lowest BCUT2D eigenvalue weighted by Crippen LogP contribution is -2.47. The van der Waals surface area contributed by atoms with Gasteiger partial charge in [0.15, 0.2) is 0 Å². The van der Waals surface area contributed by atoms with Gasteiger partial charge < -0.3 is 0 Å². The van der Waals surface area contributed by atoms with Gasteiger partial charge in [0, 0.05) is 0 Å². The Morgan fingerprint density at radius 2 is 1.19 bits per heavy atom. The van der Waals surface area contributed by atoms with Crippen LogP contribution in [0.15, 0.2) is 48.6 Å². The summed E-state index contributed by atoms with van der Waals surface area (Å²) in [6.07, 6.45) is 22.7. The molecule has 0 unspecified atom stereocenters. The number of hydrogen-bond donors (Lipinski definition) is 0. The molecular weight excluding hydrogens is 348 g/mol. The van der Waals surface area contributed by atoms with E-state index in [1.54, 1.807) is 12.2 Å². The van der Waals surface area contributed by atoms with Gasteiger partial charge in [-0.05, 0) is 38.5 Å². The average Bonchev–Trinajstić information content (AvgIpc) is 2.64. The molecule has 0 saturated carbocycles. The normalized spacial score (nSPS) is 12.6. The van der Waals surface area contributed by atoms with Crippen LogP contribution < -0.4 is 0 Å². The first-order chi connectivity index (χ1) is 13.0. The summed E-state index contributed by atoms with van der Waals surface area (Å²) < 4.78 is 0. The number of carbonyl (C=O) groups is 1. The van der Waals surface area contributed by atoms with Gasteiger partial charge in [-0.1, -0.05) is 68.4 Å². The second kappa shape index (κ2) is 15.7. The molecule has 7 heteroatoms. The Morgan fingerprint density at radius 3 is 1.59 bits per heavy atom. The molecule has 0 saturated heterocycles. The van der Waals surface area contributed by atoms with Crippen molar-refractivity contribution in [1.29, 1.82) is 0 Å². The topological polar surface area (TPSA) is 103 Å². The lowest BCUT2D eigenvalue weighted by Gasteiger charge is -2.09. The van der Waals surface area contributed by atoms with Crippen LogP contribution in [0.4, 0.5) is 0 Å². The van der Waals surface area contributed by atoms with Crippen LogP contribution in [0.25, 0.3) is 0 Å². The summed E-state index contributed by atoms with van der Waals surface area (Å²) in [6, 6.07) is 0. The number of nitro groups is 2. The first-order valence-corrected chi connectivity index (χ1v) is 9.36. The van der Waals surface area contributed by atoms with E-state index in [4.69, 9.17) is 0 Å². The predicted molar refractivity (Wildman–Crippen MR) is 107 cm³/mol. The fourth-order valence-electron chi connectivity index (χ4n) is 2.25. The van der Waals surface area contributed by atoms with Gasteiger partial charge in [-0.25, -0.2) is 0 Å². The van der Waals surface area contributed by atoms with Crippen LogP contribution in [0.3, 0.4) is 0 Å². The monoisotopic (exact) mass is 378 g/mol. The van der Waals surface area contributed by atoms with Crippen molar-refractivity contribution in [2.45, 2.75) is 70.4 Å². The number of aldehydes is 1. The minimum absolute atomic E-state index is 0.0963. The number of hydrogen-bond acceptors (Lipinski definition) is 5. The van der Waals surface area contributed by atoms with Crippen molar-refractivity contribution in [1.82, 2.24) is 0 Å². The minimum Gasteiger partial charge on any atom is -0.287 e. The molecule has 0 radical (unpaired) electrons. The van der Waals surface area contributed by atoms with Crippen LogP contribution in [-0.4, -0.2) is 21.8 Å². The van der Waals surface area contributed by atoms with Crippen molar-refractivity contribution in [3.05, 3.63) is 68.8 Å². The zero-order valence-corrected chi connectivity index (χ0v) is 16.0. The third kappa shape index (κ3) is 10.9. The van der Waals surface area contributed by atoms with Crippen LogP contribution in [-0.2, 0) is 4.79 Å². The summed E-state index contributed by atoms with van der Waals surface area (Å²) >= 11 is 0. The van der Waals surface area contributed by atoms with E-state index in [9.17, 15) is 25.0 Å². The van der Waals surface area contributed by atoms with Gasteiger partial charge in [-0.2, -0.15) is 0 Å². The van der Waals surface area contributed by atoms with Crippen molar-refractivity contribution >= 4 is 6.29 Å². The summed E-state index contributed by atoms with van der Waals surface area (Å²) in [7, 11) is 0. The van der Waals surface area contributed by atoms with Crippen LogP contribution in [0.2, 0.25) is 0 Å². The highest BCUT2D eigenvalue weighted by molar-refractivity contribution is 5.59. The van der Waals surface area contributed by atoms with Crippen molar-refractivity contribution in [2.24, 2.45) is 0 Å². The number of allylic oxidation sites excluding steroid dienone is 8. The third-order valence-electron chi connectivity index (χ3n) is 3.96. The summed E-state index contributed by atoms with van der Waals surface area (Å²) in [4.78, 5) is 30.0. The maximum atomic E-state index is 10.8. The molecule has 27 heavy (non-hydrogen) atoms. The zero-order chi connectivity index (χ0) is 20.4. The van der Waals surface area contributed by atoms with E-state index >= 15 is 0 Å². The van der Waals surface area contributed by atoms with Crippen LogP contribution >= 0.6 is 0 Å². The Morgan fingerprint density at radius 1 is 0.741 bits per heavy atom. The number of unbranched alkanes of at least 4 members (excludes halogenated alkanes) is 3. The quantitative estimate of drug-likeness (QED) is 0.0918. The third-order valence-corrected chi connectivity index (χ3v) is 3.96. The summed E-state index contributed by atoms with van der Waals surface area (Å²) in [5.74, 6) is 0. The molecule has 0 aromatic carbocycles. The Kier molecular flexibility index (Phi) is 14.2. The van der Waals surface area contributed by atoms with E-state index in [-0.39, 0.29) is 12.7 Å². The van der Waals surface area contributed by atoms with Gasteiger partial charge in [0.05, 0.1) is 0 Å². The van der Waals surface area contributed by atoms with Gasteiger partial charge in [0.1, 0.15) is 16.3 Å². The SMILES string of the molecule is CCCCCC=CCC=CCC=CCC=CCCC(C=O)([N+](=O)[O-])[N+](=O)[O-]. The van der Waals surface area contributed by atoms with Crippen LogP contribution in [0.5, 0.6) is 0 Å². The molecule has 7 nitrogen and oxygen atoms in total. The van der Waals surface area contributed by atoms with E-state index in [0.717, 1.165) is 19.3 Å². The average molecular weight is 378 g/mol. The summed E-state index contributed by atoms with van der Waals surface area (Å²) in [5.41, 5.74) is -2.74. The molecule has 0 amide bonds. The second-order valence-corrected chi connectivity index (χ2v) is 6.14. The zero-order valence-electron chi connectivity index (χ0n) is 16.0. The van der Waals surface area contributed by atoms with Crippen LogP contribution in [0, 0.1) is 20.2 Å². The van der Waals surface area contributed by atoms with Gasteiger partial charge in [0.2, 0.25) is 0 Å². The molecule has 0 N–H and O–H groups in total. The molecule has 0 aliphatic heterocycles. The van der Waals surface area contributed by atoms with Crippen molar-refractivity contribution < 1.29 is 14.6 Å². The van der Waals surface area contributed by atoms with Gasteiger partial charge in [0.25, 0.3) is 6.29 Å². The van der Waals surface area contributed by atoms with Gasteiger partial charge in [-0.3, -0.25) is 25.0 Å². The molecule has 0 aromatic rings. The maximum absolute atomic E-state index is 10.8. The summed E-state index contributed by atoms with van der Waals surface area (Å²) in [5, 5.41) is 21.5. The van der Waals surface area contributed by atoms with Crippen molar-refractivity contribution in [2.75, 3.05) is 0 Å². The molecule has 0 aliphatic carbocycles. The predicted octanol–water partition coefficient (Wildman–Crippen LogP) is 5.19. The highest BCUT2D eigenvalue weighted by Crippen LogP contribution is 2.16. The minimum atomic E-state index is -2.74. The molecule has 0 spiro atoms. The number of nitrogens with zero attached hydrogens (tertiary/aromatic N) is 2. The van der Waals surface area contributed by atoms with Crippen molar-refractivity contribution in [3.63, 3.8) is 0 Å². The summed E-state index contributed by atoms with van der Waals surface area (Å²) in [6.45, 7) is 2.19. The molecule has 0 heterocycles.